The Labute approximate surface area is 149 Å². The first-order valence-corrected chi connectivity index (χ1v) is 10.1. The molecule has 118 valence electrons. The van der Waals surface area contributed by atoms with Crippen LogP contribution < -0.4 is 21.5 Å². The molecule has 0 aromatic heterocycles. The van der Waals surface area contributed by atoms with Crippen molar-refractivity contribution in [3.63, 3.8) is 0 Å². The van der Waals surface area contributed by atoms with Crippen LogP contribution in [0.2, 0.25) is 0 Å². The van der Waals surface area contributed by atoms with Crippen LogP contribution in [0, 0.1) is 8.99 Å². The molecule has 2 aliphatic rings. The Morgan fingerprint density at radius 2 is 1.74 bits per heavy atom. The van der Waals surface area contributed by atoms with E-state index in [0.717, 1.165) is 6.54 Å². The maximum absolute atomic E-state index is 2.59. The minimum atomic E-state index is -0.0574. The second kappa shape index (κ2) is 5.52. The molecule has 2 heterocycles. The van der Waals surface area contributed by atoms with Crippen molar-refractivity contribution in [1.29, 1.82) is 0 Å². The van der Waals surface area contributed by atoms with Gasteiger partial charge in [-0.05, 0) is 0 Å². The molecule has 0 spiro atoms. The van der Waals surface area contributed by atoms with Gasteiger partial charge in [-0.15, -0.1) is 0 Å². The van der Waals surface area contributed by atoms with Gasteiger partial charge in [-0.25, -0.2) is 0 Å². The van der Waals surface area contributed by atoms with E-state index in [9.17, 15) is 0 Å². The number of halogens is 1. The van der Waals surface area contributed by atoms with Crippen LogP contribution in [0.1, 0.15) is 26.3 Å². The van der Waals surface area contributed by atoms with E-state index in [2.05, 4.69) is 84.6 Å². The van der Waals surface area contributed by atoms with E-state index in [1.807, 2.05) is 0 Å². The van der Waals surface area contributed by atoms with Crippen LogP contribution in [-0.2, 0) is 0 Å². The van der Waals surface area contributed by atoms with E-state index < -0.39 is 0 Å². The molecule has 0 unspecified atom stereocenters. The van der Waals surface area contributed by atoms with Gasteiger partial charge in [0.1, 0.15) is 0 Å². The first kappa shape index (κ1) is 15.0. The van der Waals surface area contributed by atoms with Gasteiger partial charge in [0.05, 0.1) is 0 Å². The molecule has 0 aliphatic carbocycles. The van der Waals surface area contributed by atoms with Crippen LogP contribution in [-0.4, -0.2) is 9.66 Å². The van der Waals surface area contributed by atoms with E-state index >= 15 is 0 Å². The predicted molar refractivity (Wildman–Crippen MR) is 92.8 cm³/mol. The van der Waals surface area contributed by atoms with Crippen molar-refractivity contribution in [3.8, 4) is 11.1 Å². The summed E-state index contributed by atoms with van der Waals surface area (Å²) < 4.78 is 4.14. The topological polar surface area (TPSA) is 3.24 Å². The average Bonchev–Trinajstić information content (AvgIpc) is 2.92. The van der Waals surface area contributed by atoms with Crippen molar-refractivity contribution in [2.24, 2.45) is 5.41 Å². The minimum absolute atomic E-state index is 0.0574. The van der Waals surface area contributed by atoms with Gasteiger partial charge in [-0.1, -0.05) is 0 Å². The molecule has 0 amide bonds. The Hall–Kier alpha value is -1.55. The molecule has 0 N–H and O–H groups in total. The number of hydrogen-bond acceptors (Lipinski definition) is 1. The fraction of sp³-hybridized carbons (Fsp3) is 0.238. The number of rotatable bonds is 1. The molecule has 2 heteroatoms. The number of fused-ring (bicyclic) bond motifs is 3. The first-order chi connectivity index (χ1) is 11.0. The van der Waals surface area contributed by atoms with Gasteiger partial charge in [0, 0.05) is 0 Å². The zero-order valence-corrected chi connectivity index (χ0v) is 16.0. The van der Waals surface area contributed by atoms with Crippen molar-refractivity contribution in [3.05, 3.63) is 75.4 Å². The summed E-state index contributed by atoms with van der Waals surface area (Å²) in [5.74, 6) is 0. The molecule has 23 heavy (non-hydrogen) atoms. The first-order valence-electron chi connectivity index (χ1n) is 8.07. The normalized spacial score (nSPS) is 16.9. The summed E-state index contributed by atoms with van der Waals surface area (Å²) >= 11 is -0.0574. The van der Waals surface area contributed by atoms with Crippen molar-refractivity contribution >= 4 is 5.70 Å². The SMILES string of the molecule is CC(C)(C)C1=CCN2[I-]c3ccc(-c4ccccc4)cc3C2=C1. The molecule has 4 rings (SSSR count). The van der Waals surface area contributed by atoms with Crippen molar-refractivity contribution in [1.82, 2.24) is 3.11 Å². The van der Waals surface area contributed by atoms with Crippen molar-refractivity contribution < 1.29 is 21.5 Å². The number of hydrogen-bond donors (Lipinski definition) is 0. The zero-order valence-electron chi connectivity index (χ0n) is 13.8. The third kappa shape index (κ3) is 2.74. The van der Waals surface area contributed by atoms with Crippen LogP contribution in [0.3, 0.4) is 0 Å². The molecule has 2 aromatic rings. The third-order valence-electron chi connectivity index (χ3n) is 4.43. The van der Waals surface area contributed by atoms with E-state index in [0.29, 0.717) is 0 Å². The van der Waals surface area contributed by atoms with Gasteiger partial charge >= 0.3 is 150 Å². The Kier molecular flexibility index (Phi) is 3.60. The average molecular weight is 414 g/mol. The summed E-state index contributed by atoms with van der Waals surface area (Å²) in [4.78, 5) is 0. The van der Waals surface area contributed by atoms with Gasteiger partial charge in [0.2, 0.25) is 0 Å². The molecule has 0 saturated carbocycles. The van der Waals surface area contributed by atoms with Gasteiger partial charge < -0.3 is 0 Å². The quantitative estimate of drug-likeness (QED) is 0.511. The van der Waals surface area contributed by atoms with Crippen LogP contribution in [0.15, 0.2) is 66.3 Å². The Bertz CT molecular complexity index is 809. The monoisotopic (exact) mass is 414 g/mol. The summed E-state index contributed by atoms with van der Waals surface area (Å²) in [7, 11) is 0. The maximum atomic E-state index is 2.59. The second-order valence-electron chi connectivity index (χ2n) is 7.13. The van der Waals surface area contributed by atoms with Crippen LogP contribution in [0.25, 0.3) is 16.8 Å². The summed E-state index contributed by atoms with van der Waals surface area (Å²) in [6.07, 6.45) is 4.83. The molecule has 2 aromatic carbocycles. The zero-order chi connectivity index (χ0) is 16.0. The molecule has 0 radical (unpaired) electrons. The van der Waals surface area contributed by atoms with E-state index in [-0.39, 0.29) is 26.9 Å². The Morgan fingerprint density at radius 1 is 0.957 bits per heavy atom. The molecule has 0 bridgehead atoms. The van der Waals surface area contributed by atoms with Crippen molar-refractivity contribution in [2.75, 3.05) is 6.54 Å². The van der Waals surface area contributed by atoms with Crippen molar-refractivity contribution in [2.45, 2.75) is 20.8 Å². The molecular weight excluding hydrogens is 393 g/mol. The third-order valence-corrected chi connectivity index (χ3v) is 7.39. The summed E-state index contributed by atoms with van der Waals surface area (Å²) in [5, 5.41) is 0. The predicted octanol–water partition coefficient (Wildman–Crippen LogP) is 2.17. The van der Waals surface area contributed by atoms with E-state index in [4.69, 9.17) is 0 Å². The fourth-order valence-electron chi connectivity index (χ4n) is 3.08. The standard InChI is InChI=1S/C21H21IN/c1-21(2,3)17-11-12-23-20(14-17)18-13-16(9-10-19(18)22-23)15-7-5-4-6-8-15/h4-11,13-14H,12H2,1-3H3/q-1. The Balaban J connectivity index is 1.78. The van der Waals surface area contributed by atoms with Crippen LogP contribution in [0.5, 0.6) is 0 Å². The van der Waals surface area contributed by atoms with Gasteiger partial charge in [0.25, 0.3) is 0 Å². The molecule has 0 saturated heterocycles. The molecule has 0 fully saturated rings. The number of nitrogens with zero attached hydrogens (tertiary/aromatic N) is 1. The van der Waals surface area contributed by atoms with Crippen LogP contribution >= 0.6 is 0 Å². The summed E-state index contributed by atoms with van der Waals surface area (Å²) in [6.45, 7) is 7.98. The summed E-state index contributed by atoms with van der Waals surface area (Å²) in [6, 6.07) is 17.7. The number of allylic oxidation sites excluding steroid dienone is 2. The van der Waals surface area contributed by atoms with Gasteiger partial charge in [0.15, 0.2) is 0 Å². The molecule has 0 atom stereocenters. The molecule has 2 aliphatic heterocycles. The van der Waals surface area contributed by atoms with Gasteiger partial charge in [-0.3, -0.25) is 0 Å². The fourth-order valence-corrected chi connectivity index (χ4v) is 5.79. The van der Waals surface area contributed by atoms with E-state index in [1.54, 1.807) is 3.57 Å². The van der Waals surface area contributed by atoms with Crippen LogP contribution in [0.4, 0.5) is 0 Å². The van der Waals surface area contributed by atoms with E-state index in [1.165, 1.54) is 28.0 Å². The second-order valence-corrected chi connectivity index (χ2v) is 9.94. The van der Waals surface area contributed by atoms with Gasteiger partial charge in [-0.2, -0.15) is 0 Å². The molecular formula is C21H21IN-. The molecule has 1 nitrogen and oxygen atoms in total. The number of benzene rings is 2. The summed E-state index contributed by atoms with van der Waals surface area (Å²) in [5.41, 5.74) is 7.20. The Morgan fingerprint density at radius 3 is 2.48 bits per heavy atom.